The van der Waals surface area contributed by atoms with Gasteiger partial charge in [0.25, 0.3) is 10.1 Å². The van der Waals surface area contributed by atoms with E-state index in [-0.39, 0.29) is 16.8 Å². The number of hydrogen-bond donors (Lipinski definition) is 2. The molecule has 10 heteroatoms. The van der Waals surface area contributed by atoms with Gasteiger partial charge in [-0.05, 0) is 24.6 Å². The first kappa shape index (κ1) is 17.3. The second-order valence-electron chi connectivity index (χ2n) is 5.05. The van der Waals surface area contributed by atoms with Gasteiger partial charge in [-0.2, -0.15) is 21.6 Å². The average Bonchev–Trinajstić information content (AvgIpc) is 2.39. The van der Waals surface area contributed by atoms with Crippen molar-refractivity contribution in [3.05, 3.63) is 34.9 Å². The Labute approximate surface area is 129 Å². The van der Waals surface area contributed by atoms with Crippen LogP contribution in [0.3, 0.4) is 0 Å². The Morgan fingerprint density at radius 1 is 1.30 bits per heavy atom. The van der Waals surface area contributed by atoms with Crippen LogP contribution in [0.25, 0.3) is 5.57 Å². The molecule has 0 saturated carbocycles. The molecule has 126 valence electrons. The zero-order valence-electron chi connectivity index (χ0n) is 11.9. The number of fused-ring (bicyclic) bond motifs is 1. The maximum absolute atomic E-state index is 12.8. The van der Waals surface area contributed by atoms with E-state index in [2.05, 4.69) is 0 Å². The zero-order chi connectivity index (χ0) is 17.7. The van der Waals surface area contributed by atoms with Crippen molar-refractivity contribution in [2.45, 2.75) is 18.5 Å². The highest BCUT2D eigenvalue weighted by Crippen LogP contribution is 2.41. The molecule has 0 spiro atoms. The number of nitrogens with zero attached hydrogens (tertiary/aromatic N) is 1. The third-order valence-electron chi connectivity index (χ3n) is 3.62. The molecule has 1 aromatic rings. The summed E-state index contributed by atoms with van der Waals surface area (Å²) in [6.45, 7) is 1.28. The molecule has 0 amide bonds. The minimum Gasteiger partial charge on any atom is -0.478 e. The molecule has 6 nitrogen and oxygen atoms in total. The molecule has 2 rings (SSSR count). The third kappa shape index (κ3) is 2.91. The van der Waals surface area contributed by atoms with Crippen molar-refractivity contribution >= 4 is 27.3 Å². The number of benzene rings is 1. The number of hydrogen-bond acceptors (Lipinski definition) is 4. The molecule has 0 fully saturated rings. The van der Waals surface area contributed by atoms with Gasteiger partial charge in [0.05, 0.1) is 11.1 Å². The Morgan fingerprint density at radius 3 is 2.30 bits per heavy atom. The lowest BCUT2D eigenvalue weighted by Crippen LogP contribution is -2.45. The molecule has 1 aromatic carbocycles. The van der Waals surface area contributed by atoms with Gasteiger partial charge in [0.2, 0.25) is 0 Å². The van der Waals surface area contributed by atoms with Crippen molar-refractivity contribution in [2.75, 3.05) is 11.9 Å². The average molecular weight is 351 g/mol. The Kier molecular flexibility index (Phi) is 3.94. The summed E-state index contributed by atoms with van der Waals surface area (Å²) in [4.78, 5) is 12.2. The van der Waals surface area contributed by atoms with Crippen molar-refractivity contribution < 1.29 is 36.0 Å². The lowest BCUT2D eigenvalue weighted by molar-refractivity contribution is -0.137. The van der Waals surface area contributed by atoms with Crippen LogP contribution in [0.5, 0.6) is 0 Å². The maximum atomic E-state index is 12.8. The first-order valence-electron chi connectivity index (χ1n) is 6.20. The highest BCUT2D eigenvalue weighted by Gasteiger charge is 2.42. The van der Waals surface area contributed by atoms with Crippen LogP contribution in [0, 0.1) is 0 Å². The van der Waals surface area contributed by atoms with Crippen molar-refractivity contribution in [3.8, 4) is 0 Å². The van der Waals surface area contributed by atoms with Crippen molar-refractivity contribution in [3.63, 3.8) is 0 Å². The molecule has 0 aliphatic carbocycles. The molecule has 0 saturated heterocycles. The third-order valence-corrected chi connectivity index (χ3v) is 4.74. The molecule has 0 bridgehead atoms. The minimum absolute atomic E-state index is 0.0260. The van der Waals surface area contributed by atoms with E-state index in [4.69, 9.17) is 0 Å². The summed E-state index contributed by atoms with van der Waals surface area (Å²) in [5.41, 5.74) is -1.63. The normalized spacial score (nSPS) is 18.9. The van der Waals surface area contributed by atoms with Crippen molar-refractivity contribution in [2.24, 2.45) is 0 Å². The van der Waals surface area contributed by atoms with E-state index in [1.165, 1.54) is 6.92 Å². The topological polar surface area (TPSA) is 94.9 Å². The van der Waals surface area contributed by atoms with Gasteiger partial charge >= 0.3 is 12.1 Å². The number of carbonyl (C=O) groups is 1. The first-order valence-corrected chi connectivity index (χ1v) is 7.71. The molecule has 1 aliphatic heterocycles. The quantitative estimate of drug-likeness (QED) is 0.794. The minimum atomic E-state index is -4.89. The van der Waals surface area contributed by atoms with Gasteiger partial charge in [-0.15, -0.1) is 0 Å². The number of likely N-dealkylation sites (N-methyl/N-ethyl adjacent to an activating group) is 1. The van der Waals surface area contributed by atoms with E-state index in [1.54, 1.807) is 0 Å². The summed E-state index contributed by atoms with van der Waals surface area (Å²) in [7, 11) is -3.78. The molecular formula is C13H12F3NO5S. The molecule has 1 aliphatic rings. The van der Waals surface area contributed by atoms with E-state index in [9.17, 15) is 36.0 Å². The van der Waals surface area contributed by atoms with Crippen molar-refractivity contribution in [1.29, 1.82) is 0 Å². The Hall–Kier alpha value is -2.07. The second-order valence-corrected chi connectivity index (χ2v) is 6.53. The van der Waals surface area contributed by atoms with Crippen LogP contribution >= 0.6 is 0 Å². The van der Waals surface area contributed by atoms with Gasteiger partial charge in [0, 0.05) is 18.3 Å². The fourth-order valence-corrected chi connectivity index (χ4v) is 3.67. The van der Waals surface area contributed by atoms with Gasteiger partial charge < -0.3 is 10.0 Å². The number of allylic oxidation sites excluding steroid dienone is 1. The van der Waals surface area contributed by atoms with Gasteiger partial charge in [-0.25, -0.2) is 4.79 Å². The summed E-state index contributed by atoms with van der Waals surface area (Å²) < 4.78 is 70.9. The summed E-state index contributed by atoms with van der Waals surface area (Å²) in [6, 6.07) is 2.58. The zero-order valence-corrected chi connectivity index (χ0v) is 12.7. The highest BCUT2D eigenvalue weighted by atomic mass is 32.2. The van der Waals surface area contributed by atoms with E-state index in [0.717, 1.165) is 30.1 Å². The molecule has 1 atom stereocenters. The Balaban J connectivity index is 2.80. The summed E-state index contributed by atoms with van der Waals surface area (Å²) >= 11 is 0. The number of carboxylic acids is 1. The monoisotopic (exact) mass is 351 g/mol. The van der Waals surface area contributed by atoms with E-state index >= 15 is 0 Å². The largest absolute Gasteiger partial charge is 0.478 e. The predicted octanol–water partition coefficient (Wildman–Crippen LogP) is 2.23. The van der Waals surface area contributed by atoms with Crippen LogP contribution in [-0.2, 0) is 21.1 Å². The molecule has 0 radical (unpaired) electrons. The highest BCUT2D eigenvalue weighted by molar-refractivity contribution is 7.86. The Bertz CT molecular complexity index is 813. The predicted molar refractivity (Wildman–Crippen MR) is 75.4 cm³/mol. The van der Waals surface area contributed by atoms with E-state index in [0.29, 0.717) is 0 Å². The molecule has 2 N–H and O–H groups in total. The van der Waals surface area contributed by atoms with Crippen LogP contribution in [0.1, 0.15) is 18.1 Å². The second kappa shape index (κ2) is 5.24. The maximum Gasteiger partial charge on any atom is 0.416 e. The van der Waals surface area contributed by atoms with Crippen LogP contribution in [0.4, 0.5) is 18.9 Å². The van der Waals surface area contributed by atoms with Crippen LogP contribution in [-0.4, -0.2) is 36.5 Å². The van der Waals surface area contributed by atoms with Gasteiger partial charge in [0.15, 0.2) is 5.37 Å². The standard InChI is InChI=1S/C13H12F3NO5S/c1-6-8-4-3-7(13(14,15)16)5-9(8)17(2)11(23(20,21)22)10(6)12(18)19/h3-5,11H,1-2H3,(H,18,19)(H,20,21,22). The van der Waals surface area contributed by atoms with Gasteiger partial charge in [-0.1, -0.05) is 6.07 Å². The van der Waals surface area contributed by atoms with Crippen molar-refractivity contribution in [1.82, 2.24) is 0 Å². The Morgan fingerprint density at radius 2 is 1.87 bits per heavy atom. The molecule has 1 unspecified atom stereocenters. The lowest BCUT2D eigenvalue weighted by atomic mass is 9.93. The molecule has 23 heavy (non-hydrogen) atoms. The number of alkyl halides is 3. The summed E-state index contributed by atoms with van der Waals surface area (Å²) in [5, 5.41) is 7.24. The fraction of sp³-hybridized carbons (Fsp3) is 0.308. The van der Waals surface area contributed by atoms with Crippen LogP contribution in [0.15, 0.2) is 23.8 Å². The van der Waals surface area contributed by atoms with Crippen LogP contribution in [0.2, 0.25) is 0 Å². The molecule has 0 aromatic heterocycles. The number of rotatable bonds is 2. The molecule has 1 heterocycles. The van der Waals surface area contributed by atoms with Gasteiger partial charge in [0.1, 0.15) is 0 Å². The number of carboxylic acid groups (broad SMARTS) is 1. The smallest absolute Gasteiger partial charge is 0.416 e. The number of anilines is 1. The summed E-state index contributed by atoms with van der Waals surface area (Å²) in [6.07, 6.45) is -4.64. The number of aliphatic carboxylic acids is 1. The van der Waals surface area contributed by atoms with E-state index < -0.39 is 38.8 Å². The van der Waals surface area contributed by atoms with E-state index in [1.807, 2.05) is 0 Å². The van der Waals surface area contributed by atoms with Crippen LogP contribution < -0.4 is 4.90 Å². The summed E-state index contributed by atoms with van der Waals surface area (Å²) in [5.74, 6) is -1.58. The SMILES string of the molecule is CC1=C(C(=O)O)C(S(=O)(=O)O)N(C)c2cc(C(F)(F)F)ccc21. The number of halogens is 3. The lowest BCUT2D eigenvalue weighted by Gasteiger charge is -2.35. The molecular weight excluding hydrogens is 339 g/mol. The first-order chi connectivity index (χ1) is 10.4. The van der Waals surface area contributed by atoms with Gasteiger partial charge in [-0.3, -0.25) is 4.55 Å². The fourth-order valence-electron chi connectivity index (χ4n) is 2.58.